The summed E-state index contributed by atoms with van der Waals surface area (Å²) >= 11 is 0. The largest absolute Gasteiger partial charge is 0.490 e. The number of benzene rings is 2. The van der Waals surface area contributed by atoms with E-state index in [1.165, 1.54) is 24.3 Å². The highest BCUT2D eigenvalue weighted by molar-refractivity contribution is 6.09. The van der Waals surface area contributed by atoms with Crippen molar-refractivity contribution in [2.75, 3.05) is 11.9 Å². The minimum atomic E-state index is -2.99. The molecule has 1 N–H and O–H groups in total. The second kappa shape index (κ2) is 10.1. The predicted octanol–water partition coefficient (Wildman–Crippen LogP) is 4.79. The number of anilines is 1. The third-order valence-electron chi connectivity index (χ3n) is 3.78. The number of ether oxygens (including phenoxy) is 2. The van der Waals surface area contributed by atoms with Crippen LogP contribution in [-0.2, 0) is 11.2 Å². The van der Waals surface area contributed by atoms with Crippen molar-refractivity contribution in [3.05, 3.63) is 59.2 Å². The predicted molar refractivity (Wildman–Crippen MR) is 102 cm³/mol. The average Bonchev–Trinajstić information content (AvgIpc) is 2.68. The molecule has 2 aromatic carbocycles. The molecule has 0 saturated heterocycles. The van der Waals surface area contributed by atoms with Crippen LogP contribution in [0.3, 0.4) is 0 Å². The van der Waals surface area contributed by atoms with Crippen molar-refractivity contribution < 1.29 is 23.0 Å². The molecular weight excluding hydrogens is 366 g/mol. The minimum Gasteiger partial charge on any atom is -0.490 e. The van der Waals surface area contributed by atoms with Crippen molar-refractivity contribution in [3.63, 3.8) is 0 Å². The molecule has 146 valence electrons. The van der Waals surface area contributed by atoms with Crippen molar-refractivity contribution in [3.8, 4) is 17.6 Å². The van der Waals surface area contributed by atoms with Crippen LogP contribution in [0.5, 0.6) is 11.5 Å². The van der Waals surface area contributed by atoms with Crippen LogP contribution in [0.15, 0.2) is 48.0 Å². The minimum absolute atomic E-state index is 0.101. The monoisotopic (exact) mass is 386 g/mol. The van der Waals surface area contributed by atoms with Gasteiger partial charge in [-0.2, -0.15) is 14.0 Å². The number of hydrogen-bond acceptors (Lipinski definition) is 4. The molecule has 7 heteroatoms. The molecule has 1 amide bonds. The molecule has 0 aliphatic carbocycles. The molecule has 0 fully saturated rings. The van der Waals surface area contributed by atoms with Gasteiger partial charge in [-0.1, -0.05) is 25.1 Å². The number of carbonyl (C=O) groups excluding carboxylic acids is 1. The Hall–Kier alpha value is -3.40. The van der Waals surface area contributed by atoms with Gasteiger partial charge in [-0.3, -0.25) is 4.79 Å². The van der Waals surface area contributed by atoms with Gasteiger partial charge in [0.2, 0.25) is 0 Å². The highest BCUT2D eigenvalue weighted by atomic mass is 19.3. The van der Waals surface area contributed by atoms with E-state index in [2.05, 4.69) is 10.1 Å². The molecule has 0 heterocycles. The molecule has 0 atom stereocenters. The van der Waals surface area contributed by atoms with Gasteiger partial charge in [-0.15, -0.1) is 0 Å². The van der Waals surface area contributed by atoms with Crippen LogP contribution in [0.2, 0.25) is 0 Å². The first-order valence-electron chi connectivity index (χ1n) is 8.70. The van der Waals surface area contributed by atoms with Gasteiger partial charge in [0.05, 0.1) is 6.61 Å². The zero-order chi connectivity index (χ0) is 20.5. The number of alkyl halides is 2. The molecule has 2 rings (SSSR count). The Balaban J connectivity index is 2.23. The maximum atomic E-state index is 12.5. The molecule has 0 radical (unpaired) electrons. The molecule has 0 aliphatic rings. The van der Waals surface area contributed by atoms with E-state index in [-0.39, 0.29) is 23.7 Å². The van der Waals surface area contributed by atoms with Crippen molar-refractivity contribution in [1.82, 2.24) is 0 Å². The Morgan fingerprint density at radius 2 is 1.89 bits per heavy atom. The lowest BCUT2D eigenvalue weighted by Gasteiger charge is -2.12. The Morgan fingerprint density at radius 1 is 1.18 bits per heavy atom. The molecular formula is C21H20F2N2O3. The normalized spacial score (nSPS) is 11.1. The van der Waals surface area contributed by atoms with Gasteiger partial charge < -0.3 is 14.8 Å². The first-order chi connectivity index (χ1) is 13.5. The molecule has 0 spiro atoms. The zero-order valence-electron chi connectivity index (χ0n) is 15.5. The number of hydrogen-bond donors (Lipinski definition) is 1. The van der Waals surface area contributed by atoms with Crippen LogP contribution in [0.25, 0.3) is 6.08 Å². The topological polar surface area (TPSA) is 71.3 Å². The Morgan fingerprint density at radius 3 is 2.46 bits per heavy atom. The highest BCUT2D eigenvalue weighted by Gasteiger charge is 2.13. The van der Waals surface area contributed by atoms with Gasteiger partial charge in [-0.05, 0) is 54.8 Å². The van der Waals surface area contributed by atoms with E-state index < -0.39 is 12.5 Å². The van der Waals surface area contributed by atoms with Gasteiger partial charge >= 0.3 is 6.61 Å². The van der Waals surface area contributed by atoms with E-state index in [1.807, 2.05) is 25.1 Å². The van der Waals surface area contributed by atoms with Crippen LogP contribution in [-0.4, -0.2) is 19.1 Å². The number of nitriles is 1. The van der Waals surface area contributed by atoms with Crippen LogP contribution < -0.4 is 14.8 Å². The Labute approximate surface area is 162 Å². The van der Waals surface area contributed by atoms with E-state index >= 15 is 0 Å². The fraction of sp³-hybridized carbons (Fsp3) is 0.238. The number of halogens is 2. The maximum Gasteiger partial charge on any atom is 0.387 e. The Kier molecular flexibility index (Phi) is 7.52. The lowest BCUT2D eigenvalue weighted by molar-refractivity contribution is -0.112. The smallest absolute Gasteiger partial charge is 0.387 e. The third-order valence-corrected chi connectivity index (χ3v) is 3.78. The zero-order valence-corrected chi connectivity index (χ0v) is 15.5. The average molecular weight is 386 g/mol. The van der Waals surface area contributed by atoms with Crippen LogP contribution in [0.1, 0.15) is 25.0 Å². The number of carbonyl (C=O) groups is 1. The third kappa shape index (κ3) is 5.81. The number of aryl methyl sites for hydroxylation is 1. The summed E-state index contributed by atoms with van der Waals surface area (Å²) in [5, 5.41) is 12.0. The van der Waals surface area contributed by atoms with Crippen molar-refractivity contribution in [2.45, 2.75) is 26.9 Å². The van der Waals surface area contributed by atoms with Gasteiger partial charge in [-0.25, -0.2) is 0 Å². The number of amides is 1. The second-order valence-electron chi connectivity index (χ2n) is 5.69. The molecule has 0 saturated carbocycles. The van der Waals surface area contributed by atoms with E-state index in [4.69, 9.17) is 4.74 Å². The maximum absolute atomic E-state index is 12.5. The summed E-state index contributed by atoms with van der Waals surface area (Å²) in [6, 6.07) is 13.3. The highest BCUT2D eigenvalue weighted by Crippen LogP contribution is 2.30. The van der Waals surface area contributed by atoms with Gasteiger partial charge in [0.1, 0.15) is 11.6 Å². The molecule has 0 bridgehead atoms. The van der Waals surface area contributed by atoms with Gasteiger partial charge in [0, 0.05) is 5.69 Å². The Bertz CT molecular complexity index is 888. The number of nitrogens with one attached hydrogen (secondary N) is 1. The van der Waals surface area contributed by atoms with E-state index in [0.717, 1.165) is 12.0 Å². The van der Waals surface area contributed by atoms with Crippen molar-refractivity contribution in [1.29, 1.82) is 5.26 Å². The SMILES string of the molecule is CCOc1cc(/C=C(/C#N)C(=O)Nc2ccc(CC)cc2)ccc1OC(F)F. The first kappa shape index (κ1) is 20.9. The second-order valence-corrected chi connectivity index (χ2v) is 5.69. The number of nitrogens with zero attached hydrogens (tertiary/aromatic N) is 1. The van der Waals surface area contributed by atoms with Crippen molar-refractivity contribution in [2.24, 2.45) is 0 Å². The first-order valence-corrected chi connectivity index (χ1v) is 8.70. The molecule has 28 heavy (non-hydrogen) atoms. The summed E-state index contributed by atoms with van der Waals surface area (Å²) in [7, 11) is 0. The molecule has 0 aliphatic heterocycles. The molecule has 2 aromatic rings. The van der Waals surface area contributed by atoms with E-state index in [1.54, 1.807) is 19.1 Å². The summed E-state index contributed by atoms with van der Waals surface area (Å²) in [6.07, 6.45) is 2.23. The summed E-state index contributed by atoms with van der Waals surface area (Å²) in [5.74, 6) is -0.588. The van der Waals surface area contributed by atoms with Crippen LogP contribution in [0.4, 0.5) is 14.5 Å². The van der Waals surface area contributed by atoms with Gasteiger partial charge in [0.15, 0.2) is 11.5 Å². The molecule has 0 aromatic heterocycles. The summed E-state index contributed by atoms with van der Waals surface area (Å²) in [5.41, 5.74) is 2.00. The summed E-state index contributed by atoms with van der Waals surface area (Å²) < 4.78 is 34.7. The van der Waals surface area contributed by atoms with Crippen LogP contribution >= 0.6 is 0 Å². The van der Waals surface area contributed by atoms with E-state index in [0.29, 0.717) is 11.3 Å². The summed E-state index contributed by atoms with van der Waals surface area (Å²) in [4.78, 5) is 12.4. The lowest BCUT2D eigenvalue weighted by atomic mass is 10.1. The molecule has 5 nitrogen and oxygen atoms in total. The summed E-state index contributed by atoms with van der Waals surface area (Å²) in [6.45, 7) is 0.983. The fourth-order valence-electron chi connectivity index (χ4n) is 2.41. The lowest BCUT2D eigenvalue weighted by Crippen LogP contribution is -2.13. The van der Waals surface area contributed by atoms with Gasteiger partial charge in [0.25, 0.3) is 5.91 Å². The number of rotatable bonds is 8. The standard InChI is InChI=1S/C21H20F2N2O3/c1-3-14-5-8-17(9-6-14)25-20(26)16(13-24)11-15-7-10-18(28-21(22)23)19(12-15)27-4-2/h5-12,21H,3-4H2,1-2H3,(H,25,26)/b16-11-. The quantitative estimate of drug-likeness (QED) is 0.523. The van der Waals surface area contributed by atoms with Crippen molar-refractivity contribution >= 4 is 17.7 Å². The van der Waals surface area contributed by atoms with E-state index in [9.17, 15) is 18.8 Å². The van der Waals surface area contributed by atoms with Crippen LogP contribution in [0, 0.1) is 11.3 Å². The molecule has 0 unspecified atom stereocenters. The fourth-order valence-corrected chi connectivity index (χ4v) is 2.41.